The van der Waals surface area contributed by atoms with Crippen molar-refractivity contribution in [3.63, 3.8) is 0 Å². The molecule has 1 aromatic rings. The van der Waals surface area contributed by atoms with E-state index in [1.54, 1.807) is 6.07 Å². The zero-order chi connectivity index (χ0) is 9.80. The largest absolute Gasteiger partial charge is 0.493 e. The van der Waals surface area contributed by atoms with Crippen LogP contribution in [0.4, 0.5) is 0 Å². The summed E-state index contributed by atoms with van der Waals surface area (Å²) < 4.78 is 15.7. The van der Waals surface area contributed by atoms with Gasteiger partial charge >= 0.3 is 0 Å². The fraction of sp³-hybridized carbons (Fsp3) is 0.400. The highest BCUT2D eigenvalue weighted by Crippen LogP contribution is 2.34. The number of fused-ring (bicyclic) bond motifs is 1. The van der Waals surface area contributed by atoms with Crippen LogP contribution in [0, 0.1) is 0 Å². The first-order valence-electron chi connectivity index (χ1n) is 4.53. The van der Waals surface area contributed by atoms with Gasteiger partial charge in [0.2, 0.25) is 6.79 Å². The molecule has 0 spiro atoms. The molecule has 0 radical (unpaired) electrons. The predicted octanol–water partition coefficient (Wildman–Crippen LogP) is 1.18. The minimum absolute atomic E-state index is 0.143. The topological polar surface area (TPSA) is 47.9 Å². The minimum Gasteiger partial charge on any atom is -0.493 e. The molecule has 4 nitrogen and oxygen atoms in total. The Morgan fingerprint density at radius 2 is 2.14 bits per heavy atom. The predicted molar refractivity (Wildman–Crippen MR) is 49.8 cm³/mol. The number of aliphatic hydroxyl groups is 1. The Hall–Kier alpha value is -1.42. The van der Waals surface area contributed by atoms with Crippen molar-refractivity contribution in [3.8, 4) is 17.2 Å². The van der Waals surface area contributed by atoms with E-state index in [1.165, 1.54) is 0 Å². The molecule has 4 heteroatoms. The zero-order valence-electron chi connectivity index (χ0n) is 7.73. The Morgan fingerprint density at radius 3 is 3.00 bits per heavy atom. The van der Waals surface area contributed by atoms with Crippen LogP contribution >= 0.6 is 0 Å². The lowest BCUT2D eigenvalue weighted by Gasteiger charge is -2.05. The molecular formula is C10H12O4. The summed E-state index contributed by atoms with van der Waals surface area (Å²) in [6.45, 7) is 0.927. The van der Waals surface area contributed by atoms with Crippen LogP contribution in [0.1, 0.15) is 6.42 Å². The highest BCUT2D eigenvalue weighted by Gasteiger charge is 2.13. The third-order valence-corrected chi connectivity index (χ3v) is 1.92. The molecule has 76 valence electrons. The monoisotopic (exact) mass is 196 g/mol. The zero-order valence-corrected chi connectivity index (χ0v) is 7.73. The summed E-state index contributed by atoms with van der Waals surface area (Å²) in [7, 11) is 0. The van der Waals surface area contributed by atoms with Crippen molar-refractivity contribution in [3.05, 3.63) is 18.2 Å². The lowest BCUT2D eigenvalue weighted by Crippen LogP contribution is -1.99. The Labute approximate surface area is 82.0 Å². The summed E-state index contributed by atoms with van der Waals surface area (Å²) in [5.41, 5.74) is 0. The van der Waals surface area contributed by atoms with Gasteiger partial charge in [-0.15, -0.1) is 0 Å². The van der Waals surface area contributed by atoms with Crippen LogP contribution in [0.25, 0.3) is 0 Å². The molecule has 0 saturated carbocycles. The molecule has 0 aromatic heterocycles. The van der Waals surface area contributed by atoms with Gasteiger partial charge in [0, 0.05) is 19.1 Å². The third-order valence-electron chi connectivity index (χ3n) is 1.92. The van der Waals surface area contributed by atoms with E-state index in [9.17, 15) is 0 Å². The van der Waals surface area contributed by atoms with E-state index in [0.29, 0.717) is 18.8 Å². The van der Waals surface area contributed by atoms with Crippen molar-refractivity contribution < 1.29 is 19.3 Å². The van der Waals surface area contributed by atoms with Crippen LogP contribution in [-0.2, 0) is 0 Å². The van der Waals surface area contributed by atoms with Crippen molar-refractivity contribution in [1.82, 2.24) is 0 Å². The second kappa shape index (κ2) is 4.19. The van der Waals surface area contributed by atoms with Crippen molar-refractivity contribution >= 4 is 0 Å². The van der Waals surface area contributed by atoms with Gasteiger partial charge in [0.1, 0.15) is 5.75 Å². The van der Waals surface area contributed by atoms with Crippen LogP contribution < -0.4 is 14.2 Å². The van der Waals surface area contributed by atoms with Gasteiger partial charge in [-0.1, -0.05) is 0 Å². The molecule has 1 aromatic carbocycles. The van der Waals surface area contributed by atoms with E-state index in [1.807, 2.05) is 12.1 Å². The molecule has 0 unspecified atom stereocenters. The Bertz CT molecular complexity index is 311. The first-order valence-corrected chi connectivity index (χ1v) is 4.53. The van der Waals surface area contributed by atoms with Gasteiger partial charge in [-0.3, -0.25) is 0 Å². The number of hydrogen-bond acceptors (Lipinski definition) is 4. The second-order valence-electron chi connectivity index (χ2n) is 2.94. The van der Waals surface area contributed by atoms with Crippen molar-refractivity contribution in [2.24, 2.45) is 0 Å². The molecular weight excluding hydrogens is 184 g/mol. The van der Waals surface area contributed by atoms with E-state index >= 15 is 0 Å². The summed E-state index contributed by atoms with van der Waals surface area (Å²) in [6.07, 6.45) is 0.633. The first kappa shape index (κ1) is 9.15. The number of hydrogen-bond donors (Lipinski definition) is 1. The lowest BCUT2D eigenvalue weighted by atomic mass is 10.3. The summed E-state index contributed by atoms with van der Waals surface area (Å²) in [5.74, 6) is 2.20. The molecule has 14 heavy (non-hydrogen) atoms. The Kier molecular flexibility index (Phi) is 2.74. The number of aliphatic hydroxyl groups excluding tert-OH is 1. The number of rotatable bonds is 4. The van der Waals surface area contributed by atoms with Crippen LogP contribution in [0.5, 0.6) is 17.2 Å². The SMILES string of the molecule is OCCCOc1ccc2c(c1)OCO2. The second-order valence-corrected chi connectivity index (χ2v) is 2.94. The van der Waals surface area contributed by atoms with Gasteiger partial charge in [0.05, 0.1) is 6.61 Å². The van der Waals surface area contributed by atoms with Gasteiger partial charge in [0.15, 0.2) is 11.5 Å². The van der Waals surface area contributed by atoms with Crippen molar-refractivity contribution in [2.45, 2.75) is 6.42 Å². The van der Waals surface area contributed by atoms with Crippen LogP contribution in [0.2, 0.25) is 0 Å². The maximum atomic E-state index is 8.57. The van der Waals surface area contributed by atoms with Crippen LogP contribution in [0.15, 0.2) is 18.2 Å². The number of ether oxygens (including phenoxy) is 3. The average Bonchev–Trinajstić information content (AvgIpc) is 2.65. The number of benzene rings is 1. The van der Waals surface area contributed by atoms with Crippen molar-refractivity contribution in [1.29, 1.82) is 0 Å². The molecule has 0 fully saturated rings. The fourth-order valence-corrected chi connectivity index (χ4v) is 1.22. The minimum atomic E-state index is 0.143. The van der Waals surface area contributed by atoms with Crippen LogP contribution in [-0.4, -0.2) is 25.1 Å². The Balaban J connectivity index is 1.98. The van der Waals surface area contributed by atoms with E-state index in [0.717, 1.165) is 11.5 Å². The van der Waals surface area contributed by atoms with Gasteiger partial charge in [-0.05, 0) is 12.1 Å². The van der Waals surface area contributed by atoms with E-state index in [-0.39, 0.29) is 13.4 Å². The first-order chi connectivity index (χ1) is 6.90. The standard InChI is InChI=1S/C10H12O4/c11-4-1-5-12-8-2-3-9-10(6-8)14-7-13-9/h2-3,6,11H,1,4-5,7H2. The van der Waals surface area contributed by atoms with E-state index in [2.05, 4.69) is 0 Å². The van der Waals surface area contributed by atoms with Gasteiger partial charge in [0.25, 0.3) is 0 Å². The molecule has 1 heterocycles. The average molecular weight is 196 g/mol. The summed E-state index contributed by atoms with van der Waals surface area (Å²) in [5, 5.41) is 8.57. The quantitative estimate of drug-likeness (QED) is 0.734. The molecule has 1 N–H and O–H groups in total. The van der Waals surface area contributed by atoms with Gasteiger partial charge in [-0.25, -0.2) is 0 Å². The maximum Gasteiger partial charge on any atom is 0.231 e. The summed E-state index contributed by atoms with van der Waals surface area (Å²) in [4.78, 5) is 0. The maximum absolute atomic E-state index is 8.57. The lowest BCUT2D eigenvalue weighted by molar-refractivity contribution is 0.173. The van der Waals surface area contributed by atoms with E-state index in [4.69, 9.17) is 19.3 Å². The highest BCUT2D eigenvalue weighted by molar-refractivity contribution is 5.46. The van der Waals surface area contributed by atoms with E-state index < -0.39 is 0 Å². The Morgan fingerprint density at radius 1 is 1.29 bits per heavy atom. The highest BCUT2D eigenvalue weighted by atomic mass is 16.7. The molecule has 0 bridgehead atoms. The molecule has 0 amide bonds. The fourth-order valence-electron chi connectivity index (χ4n) is 1.22. The normalized spacial score (nSPS) is 12.9. The smallest absolute Gasteiger partial charge is 0.231 e. The molecule has 0 saturated heterocycles. The molecule has 0 aliphatic carbocycles. The van der Waals surface area contributed by atoms with Crippen LogP contribution in [0.3, 0.4) is 0 Å². The van der Waals surface area contributed by atoms with Crippen molar-refractivity contribution in [2.75, 3.05) is 20.0 Å². The van der Waals surface area contributed by atoms with Gasteiger partial charge in [-0.2, -0.15) is 0 Å². The molecule has 2 rings (SSSR count). The summed E-state index contributed by atoms with van der Waals surface area (Å²) in [6, 6.07) is 5.43. The molecule has 0 atom stereocenters. The summed E-state index contributed by atoms with van der Waals surface area (Å²) >= 11 is 0. The molecule has 1 aliphatic rings. The third kappa shape index (κ3) is 1.90. The molecule has 1 aliphatic heterocycles. The van der Waals surface area contributed by atoms with Gasteiger partial charge < -0.3 is 19.3 Å².